The molecule has 1 aliphatic carbocycles. The minimum Gasteiger partial charge on any atom is -0.481 e. The quantitative estimate of drug-likeness (QED) is 0.324. The van der Waals surface area contributed by atoms with Gasteiger partial charge in [-0.1, -0.05) is 66.7 Å². The van der Waals surface area contributed by atoms with E-state index in [4.69, 9.17) is 4.74 Å². The van der Waals surface area contributed by atoms with Crippen LogP contribution in [0.1, 0.15) is 42.7 Å². The highest BCUT2D eigenvalue weighted by Gasteiger charge is 2.51. The Morgan fingerprint density at radius 2 is 1.58 bits per heavy atom. The molecule has 0 bridgehead atoms. The smallest absolute Gasteiger partial charge is 0.413 e. The van der Waals surface area contributed by atoms with Crippen molar-refractivity contribution in [2.45, 2.75) is 38.2 Å². The van der Waals surface area contributed by atoms with Crippen molar-refractivity contribution in [2.24, 2.45) is 0 Å². The third-order valence-corrected chi connectivity index (χ3v) is 6.80. The predicted octanol–water partition coefficient (Wildman–Crippen LogP) is 6.27. The van der Waals surface area contributed by atoms with Gasteiger partial charge in [0.05, 0.1) is 11.1 Å². The van der Waals surface area contributed by atoms with E-state index in [1.54, 1.807) is 10.9 Å². The molecular weight excluding hydrogens is 454 g/mol. The van der Waals surface area contributed by atoms with Crippen molar-refractivity contribution in [2.75, 3.05) is 5.32 Å². The molecule has 5 rings (SSSR count). The summed E-state index contributed by atoms with van der Waals surface area (Å²) in [6.07, 6.45) is 2.10. The summed E-state index contributed by atoms with van der Waals surface area (Å²) < 4.78 is 7.36. The summed E-state index contributed by atoms with van der Waals surface area (Å²) in [4.78, 5) is 28.5. The number of hydrogen-bond acceptors (Lipinski definition) is 4. The Morgan fingerprint density at radius 1 is 0.972 bits per heavy atom. The Labute approximate surface area is 209 Å². The molecule has 0 radical (unpaired) electrons. The number of benzene rings is 3. The average molecular weight is 482 g/mol. The van der Waals surface area contributed by atoms with Crippen LogP contribution < -0.4 is 5.32 Å². The van der Waals surface area contributed by atoms with Crippen molar-refractivity contribution in [3.63, 3.8) is 0 Å². The Hall–Kier alpha value is -4.39. The summed E-state index contributed by atoms with van der Waals surface area (Å²) in [6.45, 7) is 3.66. The van der Waals surface area contributed by atoms with Crippen LogP contribution in [-0.2, 0) is 14.9 Å². The summed E-state index contributed by atoms with van der Waals surface area (Å²) in [5.74, 6) is -0.209. The van der Waals surface area contributed by atoms with Gasteiger partial charge in [-0.25, -0.2) is 9.78 Å². The van der Waals surface area contributed by atoms with Gasteiger partial charge in [0, 0.05) is 5.69 Å². The lowest BCUT2D eigenvalue weighted by molar-refractivity contribution is -0.140. The fourth-order valence-corrected chi connectivity index (χ4v) is 4.41. The number of aliphatic carboxylic acids is 1. The SMILES string of the molecule is Cc1ncn(-c2ccc(-c3ccc(C4(C(=O)O)CC4)cc3)cc2)c1NC(=O)OC(C)c1ccccc1. The number of carbonyl (C=O) groups is 2. The second kappa shape index (κ2) is 9.34. The van der Waals surface area contributed by atoms with Crippen LogP contribution in [0.5, 0.6) is 0 Å². The standard InChI is InChI=1S/C29H27N3O4/c1-19-26(31-28(35)36-20(2)21-6-4-3-5-7-21)32(18-30-19)25-14-10-23(11-15-25)22-8-12-24(13-9-22)29(16-17-29)27(33)34/h3-15,18,20H,16-17H2,1-2H3,(H,31,35)(H,33,34). The maximum atomic E-state index is 12.6. The van der Waals surface area contributed by atoms with Gasteiger partial charge < -0.3 is 9.84 Å². The predicted molar refractivity (Wildman–Crippen MR) is 137 cm³/mol. The highest BCUT2D eigenvalue weighted by molar-refractivity contribution is 5.86. The molecule has 4 aromatic rings. The van der Waals surface area contributed by atoms with Crippen LogP contribution in [0.15, 0.2) is 85.2 Å². The first-order chi connectivity index (χ1) is 17.4. The number of ether oxygens (including phenoxy) is 1. The minimum atomic E-state index is -0.752. The summed E-state index contributed by atoms with van der Waals surface area (Å²) in [5.41, 5.74) is 4.59. The number of carboxylic acid groups (broad SMARTS) is 1. The van der Waals surface area contributed by atoms with Gasteiger partial charge in [-0.3, -0.25) is 14.7 Å². The molecule has 36 heavy (non-hydrogen) atoms. The second-order valence-corrected chi connectivity index (χ2v) is 9.14. The molecule has 3 aromatic carbocycles. The van der Waals surface area contributed by atoms with E-state index in [9.17, 15) is 14.7 Å². The Kier molecular flexibility index (Phi) is 6.06. The number of imidazole rings is 1. The first-order valence-electron chi connectivity index (χ1n) is 11.9. The number of rotatable bonds is 7. The van der Waals surface area contributed by atoms with Crippen LogP contribution in [-0.4, -0.2) is 26.7 Å². The van der Waals surface area contributed by atoms with E-state index in [0.717, 1.165) is 27.9 Å². The molecule has 2 N–H and O–H groups in total. The first kappa shape index (κ1) is 23.4. The zero-order chi connectivity index (χ0) is 25.3. The van der Waals surface area contributed by atoms with Gasteiger partial charge >= 0.3 is 12.1 Å². The Bertz CT molecular complexity index is 1390. The summed E-state index contributed by atoms with van der Waals surface area (Å²) >= 11 is 0. The molecule has 1 aliphatic rings. The van der Waals surface area contributed by atoms with Gasteiger partial charge in [0.15, 0.2) is 0 Å². The molecule has 0 aliphatic heterocycles. The highest BCUT2D eigenvalue weighted by Crippen LogP contribution is 2.48. The third-order valence-electron chi connectivity index (χ3n) is 6.80. The van der Waals surface area contributed by atoms with Gasteiger partial charge in [-0.05, 0) is 61.1 Å². The van der Waals surface area contributed by atoms with Gasteiger partial charge in [0.1, 0.15) is 18.2 Å². The monoisotopic (exact) mass is 481 g/mol. The van der Waals surface area contributed by atoms with Crippen LogP contribution in [0, 0.1) is 6.92 Å². The molecule has 1 amide bonds. The van der Waals surface area contributed by atoms with Crippen molar-refractivity contribution < 1.29 is 19.4 Å². The van der Waals surface area contributed by atoms with Crippen molar-refractivity contribution in [1.82, 2.24) is 9.55 Å². The molecule has 1 atom stereocenters. The lowest BCUT2D eigenvalue weighted by Crippen LogP contribution is -2.19. The van der Waals surface area contributed by atoms with Gasteiger partial charge in [-0.15, -0.1) is 0 Å². The van der Waals surface area contributed by atoms with E-state index in [1.165, 1.54) is 0 Å². The van der Waals surface area contributed by atoms with Crippen molar-refractivity contribution in [3.05, 3.63) is 102 Å². The van der Waals surface area contributed by atoms with Gasteiger partial charge in [0.2, 0.25) is 0 Å². The summed E-state index contributed by atoms with van der Waals surface area (Å²) in [6, 6.07) is 25.2. The number of aryl methyl sites for hydroxylation is 1. The second-order valence-electron chi connectivity index (χ2n) is 9.14. The number of aromatic nitrogens is 2. The van der Waals surface area contributed by atoms with Crippen LogP contribution >= 0.6 is 0 Å². The molecule has 1 aromatic heterocycles. The fourth-order valence-electron chi connectivity index (χ4n) is 4.41. The van der Waals surface area contributed by atoms with E-state index >= 15 is 0 Å². The van der Waals surface area contributed by atoms with Crippen LogP contribution in [0.3, 0.4) is 0 Å². The normalized spacial score (nSPS) is 14.6. The fraction of sp³-hybridized carbons (Fsp3) is 0.207. The van der Waals surface area contributed by atoms with E-state index < -0.39 is 17.5 Å². The number of hydrogen-bond donors (Lipinski definition) is 2. The first-order valence-corrected chi connectivity index (χ1v) is 11.9. The van der Waals surface area contributed by atoms with Gasteiger partial charge in [-0.2, -0.15) is 0 Å². The van der Waals surface area contributed by atoms with Crippen LogP contribution in [0.25, 0.3) is 16.8 Å². The highest BCUT2D eigenvalue weighted by atomic mass is 16.6. The van der Waals surface area contributed by atoms with Gasteiger partial charge in [0.25, 0.3) is 0 Å². The molecule has 0 spiro atoms. The Balaban J connectivity index is 1.30. The minimum absolute atomic E-state index is 0.390. The molecule has 1 fully saturated rings. The van der Waals surface area contributed by atoms with Crippen molar-refractivity contribution in [1.29, 1.82) is 0 Å². The summed E-state index contributed by atoms with van der Waals surface area (Å²) in [5, 5.41) is 12.3. The average Bonchev–Trinajstić information content (AvgIpc) is 3.64. The van der Waals surface area contributed by atoms with E-state index in [-0.39, 0.29) is 6.10 Å². The van der Waals surface area contributed by atoms with E-state index in [1.807, 2.05) is 92.7 Å². The number of carboxylic acids is 1. The molecule has 1 unspecified atom stereocenters. The topological polar surface area (TPSA) is 93.5 Å². The lowest BCUT2D eigenvalue weighted by atomic mass is 9.94. The number of anilines is 1. The van der Waals surface area contributed by atoms with E-state index in [0.29, 0.717) is 24.4 Å². The third kappa shape index (κ3) is 4.47. The molecule has 1 heterocycles. The van der Waals surface area contributed by atoms with Crippen molar-refractivity contribution in [3.8, 4) is 16.8 Å². The maximum Gasteiger partial charge on any atom is 0.413 e. The number of carbonyl (C=O) groups excluding carboxylic acids is 1. The number of nitrogens with one attached hydrogen (secondary N) is 1. The number of amides is 1. The maximum absolute atomic E-state index is 12.6. The lowest BCUT2D eigenvalue weighted by Gasteiger charge is -2.16. The zero-order valence-electron chi connectivity index (χ0n) is 20.1. The van der Waals surface area contributed by atoms with E-state index in [2.05, 4.69) is 10.3 Å². The summed E-state index contributed by atoms with van der Waals surface area (Å²) in [7, 11) is 0. The number of nitrogens with zero attached hydrogens (tertiary/aromatic N) is 2. The van der Waals surface area contributed by atoms with Crippen LogP contribution in [0.4, 0.5) is 10.6 Å². The molecule has 7 nitrogen and oxygen atoms in total. The molecule has 1 saturated carbocycles. The zero-order valence-corrected chi connectivity index (χ0v) is 20.1. The molecule has 182 valence electrons. The molecular formula is C29H27N3O4. The molecule has 7 heteroatoms. The van der Waals surface area contributed by atoms with Crippen LogP contribution in [0.2, 0.25) is 0 Å². The molecule has 0 saturated heterocycles. The van der Waals surface area contributed by atoms with Crippen molar-refractivity contribution >= 4 is 17.9 Å². The largest absolute Gasteiger partial charge is 0.481 e. The Morgan fingerprint density at radius 3 is 2.17 bits per heavy atom.